The van der Waals surface area contributed by atoms with Crippen molar-refractivity contribution < 1.29 is 29.7 Å². The molecule has 0 amide bonds. The second-order valence-corrected chi connectivity index (χ2v) is 13.7. The molecule has 0 heterocycles. The minimum atomic E-state index is -0.830. The Labute approximate surface area is 228 Å². The first-order chi connectivity index (χ1) is 17.3. The Morgan fingerprint density at radius 3 is 1.58 bits per heavy atom. The fourth-order valence-corrected chi connectivity index (χ4v) is 5.41. The summed E-state index contributed by atoms with van der Waals surface area (Å²) in [5.41, 5.74) is 1.17. The number of ketones is 1. The van der Waals surface area contributed by atoms with Crippen molar-refractivity contribution in [2.24, 2.45) is 21.7 Å². The summed E-state index contributed by atoms with van der Waals surface area (Å²) in [6, 6.07) is 0. The van der Waals surface area contributed by atoms with Crippen LogP contribution in [0.3, 0.4) is 0 Å². The van der Waals surface area contributed by atoms with Gasteiger partial charge in [-0.25, -0.2) is 0 Å². The Kier molecular flexibility index (Phi) is 9.80. The second kappa shape index (κ2) is 11.7. The van der Waals surface area contributed by atoms with Crippen molar-refractivity contribution in [3.8, 4) is 0 Å². The van der Waals surface area contributed by atoms with Gasteiger partial charge >= 0.3 is 11.9 Å². The van der Waals surface area contributed by atoms with Gasteiger partial charge in [-0.1, -0.05) is 52.0 Å². The van der Waals surface area contributed by atoms with E-state index in [9.17, 15) is 29.7 Å². The molecule has 0 saturated heterocycles. The highest BCUT2D eigenvalue weighted by molar-refractivity contribution is 6.09. The molecule has 0 fully saturated rings. The minimum absolute atomic E-state index is 0.0225. The van der Waals surface area contributed by atoms with E-state index < -0.39 is 28.9 Å². The number of hydrogen-bond acceptors (Lipinski definition) is 4. The largest absolute Gasteiger partial charge is 0.481 e. The molecule has 6 nitrogen and oxygen atoms in total. The van der Waals surface area contributed by atoms with Crippen LogP contribution < -0.4 is 0 Å². The normalized spacial score (nSPS) is 21.3. The minimum Gasteiger partial charge on any atom is -0.481 e. The zero-order valence-electron chi connectivity index (χ0n) is 24.6. The first kappa shape index (κ1) is 31.7. The van der Waals surface area contributed by atoms with Gasteiger partial charge in [0.25, 0.3) is 0 Å². The number of carbonyl (C=O) groups is 3. The number of carboxylic acids is 2. The van der Waals surface area contributed by atoms with Crippen LogP contribution in [-0.4, -0.2) is 39.1 Å². The third-order valence-corrected chi connectivity index (χ3v) is 7.85. The number of aliphatic hydroxyl groups excluding tert-OH is 1. The lowest BCUT2D eigenvalue weighted by atomic mass is 9.75. The summed E-state index contributed by atoms with van der Waals surface area (Å²) < 4.78 is 0. The van der Waals surface area contributed by atoms with Crippen molar-refractivity contribution in [3.63, 3.8) is 0 Å². The van der Waals surface area contributed by atoms with E-state index in [0.717, 1.165) is 22.3 Å². The van der Waals surface area contributed by atoms with Crippen LogP contribution in [0.25, 0.3) is 0 Å². The van der Waals surface area contributed by atoms with Crippen molar-refractivity contribution in [2.45, 2.75) is 113 Å². The van der Waals surface area contributed by atoms with E-state index in [0.29, 0.717) is 51.4 Å². The molecule has 2 aliphatic rings. The molecule has 6 heteroatoms. The summed E-state index contributed by atoms with van der Waals surface area (Å²) in [5.74, 6) is -1.62. The van der Waals surface area contributed by atoms with Crippen LogP contribution in [0.1, 0.15) is 107 Å². The topological polar surface area (TPSA) is 112 Å². The van der Waals surface area contributed by atoms with Gasteiger partial charge < -0.3 is 15.3 Å². The number of Topliss-reactive ketones (excluding diaryl/α,β-unsaturated/α-hetero) is 1. The number of hydrogen-bond donors (Lipinski definition) is 3. The Morgan fingerprint density at radius 2 is 1.11 bits per heavy atom. The molecular formula is C32H48O6. The molecule has 1 unspecified atom stereocenters. The van der Waals surface area contributed by atoms with Crippen molar-refractivity contribution in [1.82, 2.24) is 0 Å². The van der Waals surface area contributed by atoms with Crippen LogP contribution in [0.15, 0.2) is 46.6 Å². The van der Waals surface area contributed by atoms with Crippen LogP contribution >= 0.6 is 0 Å². The predicted octanol–water partition coefficient (Wildman–Crippen LogP) is 7.04. The van der Waals surface area contributed by atoms with E-state index in [2.05, 4.69) is 39.8 Å². The molecule has 0 spiro atoms. The zero-order valence-corrected chi connectivity index (χ0v) is 24.6. The lowest BCUT2D eigenvalue weighted by Crippen LogP contribution is -2.26. The Morgan fingerprint density at radius 1 is 0.711 bits per heavy atom. The lowest BCUT2D eigenvalue weighted by molar-refractivity contribution is -0.148. The van der Waals surface area contributed by atoms with Gasteiger partial charge in [-0.3, -0.25) is 14.4 Å². The SMILES string of the molecule is CC1(C)C=C(CCCC(C)(C)C(=O)O)C(=O)C(CCC2=CC(C)(C)C=C(CCCC(C)(C)C(=O)O)C2O)=C1. The van der Waals surface area contributed by atoms with Gasteiger partial charge in [0.2, 0.25) is 0 Å². The molecule has 0 radical (unpaired) electrons. The van der Waals surface area contributed by atoms with E-state index in [-0.39, 0.29) is 16.6 Å². The summed E-state index contributed by atoms with van der Waals surface area (Å²) in [6.07, 6.45) is 12.1. The number of rotatable bonds is 13. The Balaban J connectivity index is 2.07. The van der Waals surface area contributed by atoms with Crippen molar-refractivity contribution in [1.29, 1.82) is 0 Å². The number of allylic oxidation sites excluding steroid dienone is 6. The highest BCUT2D eigenvalue weighted by Gasteiger charge is 2.32. The molecule has 0 aliphatic heterocycles. The maximum Gasteiger partial charge on any atom is 0.309 e. The van der Waals surface area contributed by atoms with Gasteiger partial charge in [0.05, 0.1) is 16.9 Å². The molecule has 0 aromatic rings. The number of aliphatic hydroxyl groups is 1. The van der Waals surface area contributed by atoms with Crippen LogP contribution in [0, 0.1) is 21.7 Å². The standard InChI is InChI=1S/C32H48O6/c1-29(2)17-21(11-9-15-31(5,6)27(35)36)25(33)23(19-29)13-14-24-20-30(3,4)18-22(26(24)34)12-10-16-32(7,8)28(37)38/h17-20,25,33H,9-16H2,1-8H3,(H,35,36)(H,37,38). The van der Waals surface area contributed by atoms with Gasteiger partial charge in [0.1, 0.15) is 0 Å². The van der Waals surface area contributed by atoms with Gasteiger partial charge in [0, 0.05) is 10.8 Å². The van der Waals surface area contributed by atoms with Crippen LogP contribution in [-0.2, 0) is 14.4 Å². The monoisotopic (exact) mass is 528 g/mol. The molecule has 212 valence electrons. The van der Waals surface area contributed by atoms with Crippen LogP contribution in [0.5, 0.6) is 0 Å². The van der Waals surface area contributed by atoms with E-state index in [1.54, 1.807) is 27.7 Å². The molecular weight excluding hydrogens is 480 g/mol. The molecule has 2 rings (SSSR count). The molecule has 0 aromatic carbocycles. The quantitative estimate of drug-likeness (QED) is 0.221. The van der Waals surface area contributed by atoms with Gasteiger partial charge in [-0.05, 0) is 101 Å². The average Bonchev–Trinajstić information content (AvgIpc) is 2.76. The molecule has 3 N–H and O–H groups in total. The number of aliphatic carboxylic acids is 2. The van der Waals surface area contributed by atoms with Crippen molar-refractivity contribution in [3.05, 3.63) is 46.6 Å². The second-order valence-electron chi connectivity index (χ2n) is 13.7. The summed E-state index contributed by atoms with van der Waals surface area (Å²) in [6.45, 7) is 15.2. The summed E-state index contributed by atoms with van der Waals surface area (Å²) in [4.78, 5) is 36.2. The average molecular weight is 529 g/mol. The van der Waals surface area contributed by atoms with Crippen LogP contribution in [0.2, 0.25) is 0 Å². The van der Waals surface area contributed by atoms with E-state index in [1.165, 1.54) is 0 Å². The molecule has 0 aromatic heterocycles. The molecule has 38 heavy (non-hydrogen) atoms. The lowest BCUT2D eigenvalue weighted by Gasteiger charge is -2.32. The molecule has 0 saturated carbocycles. The number of carbonyl (C=O) groups excluding carboxylic acids is 1. The Bertz CT molecular complexity index is 1060. The first-order valence-electron chi connectivity index (χ1n) is 13.8. The summed E-state index contributed by atoms with van der Waals surface area (Å²) in [5, 5.41) is 30.0. The third-order valence-electron chi connectivity index (χ3n) is 7.85. The maximum absolute atomic E-state index is 13.3. The zero-order chi connectivity index (χ0) is 29.1. The van der Waals surface area contributed by atoms with E-state index in [1.807, 2.05) is 12.2 Å². The molecule has 2 aliphatic carbocycles. The highest BCUT2D eigenvalue weighted by Crippen LogP contribution is 2.39. The third kappa shape index (κ3) is 8.52. The molecule has 0 bridgehead atoms. The number of carboxylic acid groups (broad SMARTS) is 2. The van der Waals surface area contributed by atoms with Crippen LogP contribution in [0.4, 0.5) is 0 Å². The Hall–Kier alpha value is -2.47. The van der Waals surface area contributed by atoms with E-state index in [4.69, 9.17) is 0 Å². The van der Waals surface area contributed by atoms with E-state index >= 15 is 0 Å². The maximum atomic E-state index is 13.3. The van der Waals surface area contributed by atoms with Crippen molar-refractivity contribution >= 4 is 17.7 Å². The smallest absolute Gasteiger partial charge is 0.309 e. The summed E-state index contributed by atoms with van der Waals surface area (Å²) in [7, 11) is 0. The fourth-order valence-electron chi connectivity index (χ4n) is 5.41. The van der Waals surface area contributed by atoms with Gasteiger partial charge in [-0.2, -0.15) is 0 Å². The molecule has 1 atom stereocenters. The predicted molar refractivity (Wildman–Crippen MR) is 151 cm³/mol. The highest BCUT2D eigenvalue weighted by atomic mass is 16.4. The summed E-state index contributed by atoms with van der Waals surface area (Å²) >= 11 is 0. The first-order valence-corrected chi connectivity index (χ1v) is 13.8. The van der Waals surface area contributed by atoms with Gasteiger partial charge in [-0.15, -0.1) is 0 Å². The van der Waals surface area contributed by atoms with Crippen molar-refractivity contribution in [2.75, 3.05) is 0 Å². The fraction of sp³-hybridized carbons (Fsp3) is 0.656. The van der Waals surface area contributed by atoms with Gasteiger partial charge in [0.15, 0.2) is 5.78 Å².